The second-order valence-corrected chi connectivity index (χ2v) is 4.29. The summed E-state index contributed by atoms with van der Waals surface area (Å²) in [6.45, 7) is 1.69. The topological polar surface area (TPSA) is 53.7 Å². The molecule has 4 nitrogen and oxygen atoms in total. The first-order valence-electron chi connectivity index (χ1n) is 5.13. The van der Waals surface area contributed by atoms with E-state index in [1.807, 2.05) is 6.07 Å². The van der Waals surface area contributed by atoms with Crippen molar-refractivity contribution in [3.63, 3.8) is 0 Å². The highest BCUT2D eigenvalue weighted by Gasteiger charge is 2.22. The molecule has 1 heterocycles. The number of hydrogen-bond acceptors (Lipinski definition) is 4. The van der Waals surface area contributed by atoms with Crippen molar-refractivity contribution in [1.82, 2.24) is 0 Å². The molecular weight excluding hydrogens is 274 g/mol. The summed E-state index contributed by atoms with van der Waals surface area (Å²) in [6, 6.07) is 1.87. The number of benzene rings is 1. The van der Waals surface area contributed by atoms with Gasteiger partial charge in [0.05, 0.1) is 11.6 Å². The minimum Gasteiger partial charge on any atom is -0.495 e. The van der Waals surface area contributed by atoms with E-state index in [0.29, 0.717) is 26.2 Å². The molecule has 0 amide bonds. The number of halogens is 1. The van der Waals surface area contributed by atoms with Crippen LogP contribution in [0.1, 0.15) is 5.56 Å². The van der Waals surface area contributed by atoms with E-state index in [1.165, 1.54) is 0 Å². The quantitative estimate of drug-likeness (QED) is 0.920. The smallest absolute Gasteiger partial charge is 0.168 e. The minimum absolute atomic E-state index is 0.544. The molecule has 0 aromatic heterocycles. The van der Waals surface area contributed by atoms with E-state index in [0.717, 1.165) is 27.3 Å². The van der Waals surface area contributed by atoms with Gasteiger partial charge in [0.1, 0.15) is 19.0 Å². The Kier molecular flexibility index (Phi) is 3.56. The molecule has 0 fully saturated rings. The van der Waals surface area contributed by atoms with Crippen LogP contribution in [0.3, 0.4) is 0 Å². The molecule has 0 atom stereocenters. The zero-order valence-corrected chi connectivity index (χ0v) is 10.7. The fraction of sp³-hybridized carbons (Fsp3) is 0.455. The van der Waals surface area contributed by atoms with Crippen LogP contribution in [0, 0.1) is 0 Å². The molecule has 0 aliphatic carbocycles. The van der Waals surface area contributed by atoms with Crippen LogP contribution in [0.25, 0.3) is 0 Å². The highest BCUT2D eigenvalue weighted by molar-refractivity contribution is 9.10. The SMILES string of the molecule is COc1c(Br)cc2c(c1CCN)OCCO2. The van der Waals surface area contributed by atoms with Crippen molar-refractivity contribution < 1.29 is 14.2 Å². The maximum absolute atomic E-state index is 5.62. The number of methoxy groups -OCH3 is 1. The standard InChI is InChI=1S/C11H14BrNO3/c1-14-10-7(2-3-13)11-9(6-8(10)12)15-4-5-16-11/h6H,2-5,13H2,1H3. The number of ether oxygens (including phenoxy) is 3. The van der Waals surface area contributed by atoms with E-state index in [4.69, 9.17) is 19.9 Å². The largest absolute Gasteiger partial charge is 0.495 e. The van der Waals surface area contributed by atoms with E-state index in [2.05, 4.69) is 15.9 Å². The van der Waals surface area contributed by atoms with E-state index in [9.17, 15) is 0 Å². The second-order valence-electron chi connectivity index (χ2n) is 3.43. The fourth-order valence-corrected chi connectivity index (χ4v) is 2.40. The summed E-state index contributed by atoms with van der Waals surface area (Å²) in [7, 11) is 1.64. The second kappa shape index (κ2) is 4.93. The lowest BCUT2D eigenvalue weighted by Crippen LogP contribution is -2.18. The Balaban J connectivity index is 2.54. The van der Waals surface area contributed by atoms with E-state index in [1.54, 1.807) is 7.11 Å². The van der Waals surface area contributed by atoms with Gasteiger partial charge >= 0.3 is 0 Å². The van der Waals surface area contributed by atoms with Gasteiger partial charge in [-0.15, -0.1) is 0 Å². The number of rotatable bonds is 3. The predicted molar refractivity (Wildman–Crippen MR) is 64.4 cm³/mol. The Morgan fingerprint density at radius 2 is 2.19 bits per heavy atom. The van der Waals surface area contributed by atoms with Crippen LogP contribution >= 0.6 is 15.9 Å². The van der Waals surface area contributed by atoms with Crippen LogP contribution in [0.15, 0.2) is 10.5 Å². The highest BCUT2D eigenvalue weighted by Crippen LogP contribution is 2.44. The van der Waals surface area contributed by atoms with Gasteiger partial charge in [-0.3, -0.25) is 0 Å². The van der Waals surface area contributed by atoms with Gasteiger partial charge in [-0.2, -0.15) is 0 Å². The summed E-state index contributed by atoms with van der Waals surface area (Å²) in [4.78, 5) is 0. The summed E-state index contributed by atoms with van der Waals surface area (Å²) < 4.78 is 17.4. The van der Waals surface area contributed by atoms with Gasteiger partial charge in [-0.1, -0.05) is 0 Å². The molecule has 16 heavy (non-hydrogen) atoms. The third-order valence-electron chi connectivity index (χ3n) is 2.43. The Morgan fingerprint density at radius 1 is 1.44 bits per heavy atom. The van der Waals surface area contributed by atoms with Crippen LogP contribution in [-0.4, -0.2) is 26.9 Å². The minimum atomic E-state index is 0.544. The number of fused-ring (bicyclic) bond motifs is 1. The zero-order valence-electron chi connectivity index (χ0n) is 9.09. The van der Waals surface area contributed by atoms with Crippen LogP contribution in [-0.2, 0) is 6.42 Å². The normalized spacial score (nSPS) is 13.7. The number of nitrogens with two attached hydrogens (primary N) is 1. The van der Waals surface area contributed by atoms with Crippen molar-refractivity contribution in [2.75, 3.05) is 26.9 Å². The molecule has 88 valence electrons. The molecule has 0 bridgehead atoms. The van der Waals surface area contributed by atoms with E-state index < -0.39 is 0 Å². The molecule has 1 aromatic rings. The summed E-state index contributed by atoms with van der Waals surface area (Å²) in [5.74, 6) is 2.29. The lowest BCUT2D eigenvalue weighted by Gasteiger charge is -2.23. The molecule has 0 unspecified atom stereocenters. The third kappa shape index (κ3) is 1.97. The predicted octanol–water partition coefficient (Wildman–Crippen LogP) is 1.73. The summed E-state index contributed by atoms with van der Waals surface area (Å²) >= 11 is 3.46. The molecule has 0 radical (unpaired) electrons. The third-order valence-corrected chi connectivity index (χ3v) is 3.02. The van der Waals surface area contributed by atoms with Gasteiger partial charge in [0.2, 0.25) is 0 Å². The van der Waals surface area contributed by atoms with Gasteiger partial charge in [0, 0.05) is 11.6 Å². The maximum Gasteiger partial charge on any atom is 0.168 e. The van der Waals surface area contributed by atoms with Gasteiger partial charge in [0.15, 0.2) is 11.5 Å². The van der Waals surface area contributed by atoms with Gasteiger partial charge in [-0.05, 0) is 28.9 Å². The first-order valence-corrected chi connectivity index (χ1v) is 5.92. The van der Waals surface area contributed by atoms with Crippen molar-refractivity contribution in [2.45, 2.75) is 6.42 Å². The molecule has 1 aromatic carbocycles. The molecule has 2 rings (SSSR count). The highest BCUT2D eigenvalue weighted by atomic mass is 79.9. The van der Waals surface area contributed by atoms with Crippen LogP contribution in [0.2, 0.25) is 0 Å². The Morgan fingerprint density at radius 3 is 2.88 bits per heavy atom. The first-order chi connectivity index (χ1) is 7.77. The average Bonchev–Trinajstić information content (AvgIpc) is 2.29. The molecule has 2 N–H and O–H groups in total. The Hall–Kier alpha value is -0.940. The van der Waals surface area contributed by atoms with Crippen molar-refractivity contribution >= 4 is 15.9 Å². The molecule has 5 heteroatoms. The molecule has 1 aliphatic rings. The molecule has 0 saturated heterocycles. The van der Waals surface area contributed by atoms with Gasteiger partial charge < -0.3 is 19.9 Å². The monoisotopic (exact) mass is 287 g/mol. The number of hydrogen-bond donors (Lipinski definition) is 1. The fourth-order valence-electron chi connectivity index (χ4n) is 1.80. The van der Waals surface area contributed by atoms with Crippen LogP contribution < -0.4 is 19.9 Å². The van der Waals surface area contributed by atoms with Gasteiger partial charge in [0.25, 0.3) is 0 Å². The van der Waals surface area contributed by atoms with Crippen molar-refractivity contribution in [3.8, 4) is 17.2 Å². The summed E-state index contributed by atoms with van der Waals surface area (Å²) in [6.07, 6.45) is 0.703. The zero-order chi connectivity index (χ0) is 11.5. The van der Waals surface area contributed by atoms with Crippen LogP contribution in [0.4, 0.5) is 0 Å². The van der Waals surface area contributed by atoms with Crippen LogP contribution in [0.5, 0.6) is 17.2 Å². The molecule has 0 saturated carbocycles. The van der Waals surface area contributed by atoms with E-state index in [-0.39, 0.29) is 0 Å². The Bertz CT molecular complexity index is 395. The molecular formula is C11H14BrNO3. The summed E-state index contributed by atoms with van der Waals surface area (Å²) in [5, 5.41) is 0. The Labute approximate surface area is 103 Å². The molecule has 0 spiro atoms. The first kappa shape index (κ1) is 11.5. The lowest BCUT2D eigenvalue weighted by atomic mass is 10.1. The van der Waals surface area contributed by atoms with Crippen molar-refractivity contribution in [2.24, 2.45) is 5.73 Å². The molecule has 1 aliphatic heterocycles. The lowest BCUT2D eigenvalue weighted by molar-refractivity contribution is 0.168. The average molecular weight is 288 g/mol. The van der Waals surface area contributed by atoms with Gasteiger partial charge in [-0.25, -0.2) is 0 Å². The van der Waals surface area contributed by atoms with E-state index >= 15 is 0 Å². The summed E-state index contributed by atoms with van der Waals surface area (Å²) in [5.41, 5.74) is 6.57. The van der Waals surface area contributed by atoms with Crippen molar-refractivity contribution in [3.05, 3.63) is 16.1 Å². The maximum atomic E-state index is 5.62. The van der Waals surface area contributed by atoms with Crippen molar-refractivity contribution in [1.29, 1.82) is 0 Å².